The first kappa shape index (κ1) is 23.1. The average Bonchev–Trinajstić information content (AvgIpc) is 3.39. The van der Waals surface area contributed by atoms with Crippen LogP contribution in [0.4, 0.5) is 9.18 Å². The van der Waals surface area contributed by atoms with Gasteiger partial charge in [-0.25, -0.2) is 9.18 Å². The number of nitrogens with zero attached hydrogens (tertiary/aromatic N) is 1. The third-order valence-corrected chi connectivity index (χ3v) is 8.48. The first-order valence-corrected chi connectivity index (χ1v) is 13.1. The van der Waals surface area contributed by atoms with Gasteiger partial charge in [-0.2, -0.15) is 0 Å². The Labute approximate surface area is 205 Å². The number of fused-ring (bicyclic) bond motifs is 3. The monoisotopic (exact) mass is 479 g/mol. The van der Waals surface area contributed by atoms with Crippen molar-refractivity contribution in [1.29, 1.82) is 0 Å². The van der Waals surface area contributed by atoms with Crippen molar-refractivity contribution < 1.29 is 18.4 Å². The number of amides is 1. The standard InChI is InChI=1S/C28H31FN2O2S/c29-24-12-5-4-11-23(24)27(26-13-7-19-34-26)30-28(32)33-25-20-31(17-14-22(25)15-18-31)16-6-10-21-8-2-1-3-9-21/h1-5,7-9,11-13,19,22,25,27H,6,10,14-18,20H2/p+1/t22?,25-,27?,31?/m0/s1. The van der Waals surface area contributed by atoms with E-state index in [1.54, 1.807) is 18.2 Å². The lowest BCUT2D eigenvalue weighted by atomic mass is 9.83. The molecule has 0 saturated carbocycles. The molecule has 2 bridgehead atoms. The fraction of sp³-hybridized carbons (Fsp3) is 0.393. The number of alkyl carbamates (subject to hydrolysis) is 1. The van der Waals surface area contributed by atoms with E-state index in [9.17, 15) is 9.18 Å². The first-order chi connectivity index (χ1) is 16.6. The molecule has 3 aliphatic rings. The van der Waals surface area contributed by atoms with Gasteiger partial charge in [0.15, 0.2) is 6.10 Å². The van der Waals surface area contributed by atoms with Crippen molar-refractivity contribution in [1.82, 2.24) is 5.32 Å². The summed E-state index contributed by atoms with van der Waals surface area (Å²) in [5.74, 6) is 0.0977. The SMILES string of the molecule is O=C(NC(c1cccs1)c1ccccc1F)O[C@H]1C[N+]2(CCCc3ccccc3)CCC1CC2. The minimum Gasteiger partial charge on any atom is -0.440 e. The van der Waals surface area contributed by atoms with Crippen LogP contribution < -0.4 is 5.32 Å². The number of rotatable bonds is 8. The average molecular weight is 480 g/mol. The van der Waals surface area contributed by atoms with Crippen LogP contribution in [0.1, 0.15) is 41.3 Å². The van der Waals surface area contributed by atoms with Crippen molar-refractivity contribution in [3.05, 3.63) is 93.9 Å². The summed E-state index contributed by atoms with van der Waals surface area (Å²) in [6.45, 7) is 4.36. The van der Waals surface area contributed by atoms with Crippen LogP contribution in [0.25, 0.3) is 0 Å². The highest BCUT2D eigenvalue weighted by Crippen LogP contribution is 2.36. The zero-order chi connectivity index (χ0) is 23.4. The van der Waals surface area contributed by atoms with Gasteiger partial charge in [-0.3, -0.25) is 0 Å². The Kier molecular flexibility index (Phi) is 6.97. The number of halogens is 1. The molecule has 1 aromatic heterocycles. The fourth-order valence-electron chi connectivity index (χ4n) is 5.69. The number of ether oxygens (including phenoxy) is 1. The highest BCUT2D eigenvalue weighted by atomic mass is 32.1. The Bertz CT molecular complexity index is 1080. The maximum Gasteiger partial charge on any atom is 0.408 e. The van der Waals surface area contributed by atoms with E-state index in [-0.39, 0.29) is 11.9 Å². The number of aryl methyl sites for hydroxylation is 1. The predicted octanol–water partition coefficient (Wildman–Crippen LogP) is 5.94. The normalized spacial score (nSPS) is 24.5. The van der Waals surface area contributed by atoms with Crippen LogP contribution in [0.5, 0.6) is 0 Å². The van der Waals surface area contributed by atoms with E-state index in [0.717, 1.165) is 48.1 Å². The highest BCUT2D eigenvalue weighted by Gasteiger charge is 2.47. The Morgan fingerprint density at radius 1 is 1.06 bits per heavy atom. The molecule has 0 spiro atoms. The number of carbonyl (C=O) groups is 1. The van der Waals surface area contributed by atoms with Crippen LogP contribution in [0, 0.1) is 11.7 Å². The van der Waals surface area contributed by atoms with Crippen molar-refractivity contribution in [3.8, 4) is 0 Å². The number of benzene rings is 2. The van der Waals surface area contributed by atoms with E-state index in [4.69, 9.17) is 4.74 Å². The van der Waals surface area contributed by atoms with E-state index in [2.05, 4.69) is 35.6 Å². The molecule has 1 N–H and O–H groups in total. The quantitative estimate of drug-likeness (QED) is 0.406. The summed E-state index contributed by atoms with van der Waals surface area (Å²) in [4.78, 5) is 13.9. The number of piperidine rings is 3. The third kappa shape index (κ3) is 5.18. The lowest BCUT2D eigenvalue weighted by Crippen LogP contribution is -2.65. The molecule has 3 saturated heterocycles. The van der Waals surface area contributed by atoms with Crippen molar-refractivity contribution in [2.75, 3.05) is 26.2 Å². The zero-order valence-electron chi connectivity index (χ0n) is 19.4. The van der Waals surface area contributed by atoms with Crippen molar-refractivity contribution in [3.63, 3.8) is 0 Å². The van der Waals surface area contributed by atoms with Crippen LogP contribution in [0.15, 0.2) is 72.1 Å². The molecule has 2 aromatic carbocycles. The summed E-state index contributed by atoms with van der Waals surface area (Å²) in [5.41, 5.74) is 1.84. The number of hydrogen-bond acceptors (Lipinski definition) is 3. The minimum absolute atomic E-state index is 0.0798. The summed E-state index contributed by atoms with van der Waals surface area (Å²) >= 11 is 1.50. The molecule has 1 unspecified atom stereocenters. The molecule has 2 atom stereocenters. The van der Waals surface area contributed by atoms with Gasteiger partial charge < -0.3 is 14.5 Å². The first-order valence-electron chi connectivity index (χ1n) is 12.3. The van der Waals surface area contributed by atoms with Crippen LogP contribution >= 0.6 is 11.3 Å². The Hall–Kier alpha value is -2.70. The van der Waals surface area contributed by atoms with Crippen LogP contribution in [0.2, 0.25) is 0 Å². The van der Waals surface area contributed by atoms with Crippen molar-refractivity contribution >= 4 is 17.4 Å². The second-order valence-corrected chi connectivity index (χ2v) is 10.7. The Balaban J connectivity index is 1.22. The molecule has 1 amide bonds. The maximum atomic E-state index is 14.6. The number of hydrogen-bond donors (Lipinski definition) is 1. The Morgan fingerprint density at radius 2 is 1.82 bits per heavy atom. The molecule has 178 valence electrons. The summed E-state index contributed by atoms with van der Waals surface area (Å²) in [7, 11) is 0. The second-order valence-electron chi connectivity index (χ2n) is 9.68. The number of nitrogens with one attached hydrogen (secondary N) is 1. The second kappa shape index (κ2) is 10.3. The molecule has 4 heterocycles. The number of thiophene rings is 1. The van der Waals surface area contributed by atoms with E-state index in [1.165, 1.54) is 36.1 Å². The van der Waals surface area contributed by atoms with Crippen molar-refractivity contribution in [2.24, 2.45) is 5.92 Å². The zero-order valence-corrected chi connectivity index (χ0v) is 20.2. The molecule has 3 fully saturated rings. The highest BCUT2D eigenvalue weighted by molar-refractivity contribution is 7.10. The third-order valence-electron chi connectivity index (χ3n) is 7.55. The van der Waals surface area contributed by atoms with Crippen molar-refractivity contribution in [2.45, 2.75) is 37.8 Å². The van der Waals surface area contributed by atoms with E-state index < -0.39 is 12.1 Å². The molecule has 6 rings (SSSR count). The molecular weight excluding hydrogens is 447 g/mol. The molecule has 0 aliphatic carbocycles. The lowest BCUT2D eigenvalue weighted by molar-refractivity contribution is -0.946. The van der Waals surface area contributed by atoms with Crippen LogP contribution in [-0.2, 0) is 11.2 Å². The Morgan fingerprint density at radius 3 is 2.56 bits per heavy atom. The maximum absolute atomic E-state index is 14.6. The summed E-state index contributed by atoms with van der Waals surface area (Å²) in [6.07, 6.45) is 3.89. The van der Waals surface area contributed by atoms with Gasteiger partial charge in [0.2, 0.25) is 0 Å². The lowest BCUT2D eigenvalue weighted by Gasteiger charge is -2.52. The smallest absolute Gasteiger partial charge is 0.408 e. The number of quaternary nitrogens is 1. The summed E-state index contributed by atoms with van der Waals surface area (Å²) in [5, 5.41) is 4.90. The largest absolute Gasteiger partial charge is 0.440 e. The molecule has 3 aromatic rings. The van der Waals surface area contributed by atoms with Gasteiger partial charge in [0.05, 0.1) is 25.7 Å². The van der Waals surface area contributed by atoms with Gasteiger partial charge in [0.25, 0.3) is 0 Å². The van der Waals surface area contributed by atoms with Gasteiger partial charge in [-0.15, -0.1) is 11.3 Å². The topological polar surface area (TPSA) is 38.3 Å². The fourth-order valence-corrected chi connectivity index (χ4v) is 6.48. The van der Waals surface area contributed by atoms with Gasteiger partial charge in [0, 0.05) is 35.6 Å². The minimum atomic E-state index is -0.552. The van der Waals surface area contributed by atoms with E-state index in [1.807, 2.05) is 17.5 Å². The van der Waals surface area contributed by atoms with E-state index >= 15 is 0 Å². The van der Waals surface area contributed by atoms with Gasteiger partial charge in [-0.05, 0) is 29.5 Å². The van der Waals surface area contributed by atoms with Gasteiger partial charge >= 0.3 is 6.09 Å². The molecule has 6 heteroatoms. The summed E-state index contributed by atoms with van der Waals surface area (Å²) < 4.78 is 21.6. The van der Waals surface area contributed by atoms with Crippen LogP contribution in [0.3, 0.4) is 0 Å². The van der Waals surface area contributed by atoms with E-state index in [0.29, 0.717) is 11.5 Å². The molecule has 0 radical (unpaired) electrons. The van der Waals surface area contributed by atoms with Gasteiger partial charge in [-0.1, -0.05) is 54.6 Å². The predicted molar refractivity (Wildman–Crippen MR) is 133 cm³/mol. The van der Waals surface area contributed by atoms with Crippen LogP contribution in [-0.4, -0.2) is 42.9 Å². The molecular formula is C28H32FN2O2S+. The number of carbonyl (C=O) groups excluding carboxylic acids is 1. The molecule has 34 heavy (non-hydrogen) atoms. The van der Waals surface area contributed by atoms with Gasteiger partial charge in [0.1, 0.15) is 12.4 Å². The molecule has 4 nitrogen and oxygen atoms in total. The molecule has 3 aliphatic heterocycles. The summed E-state index contributed by atoms with van der Waals surface area (Å²) in [6, 6.07) is 20.5.